The van der Waals surface area contributed by atoms with Crippen LogP contribution in [-0.2, 0) is 6.61 Å². The highest BCUT2D eigenvalue weighted by atomic mass is 16.5. The van der Waals surface area contributed by atoms with Crippen LogP contribution >= 0.6 is 0 Å². The number of carbonyl (C=O) groups is 1. The number of aromatic nitrogens is 1. The summed E-state index contributed by atoms with van der Waals surface area (Å²) in [6.45, 7) is 0.278. The number of ether oxygens (including phenoxy) is 1. The zero-order valence-electron chi connectivity index (χ0n) is 10.6. The molecule has 19 heavy (non-hydrogen) atoms. The molecule has 0 unspecified atom stereocenters. The lowest BCUT2D eigenvalue weighted by molar-refractivity contribution is 0.0996. The predicted molar refractivity (Wildman–Crippen MR) is 73.1 cm³/mol. The number of anilines is 1. The van der Waals surface area contributed by atoms with Crippen molar-refractivity contribution in [3.8, 4) is 5.75 Å². The van der Waals surface area contributed by atoms with Crippen LogP contribution in [0.3, 0.4) is 0 Å². The van der Waals surface area contributed by atoms with Crippen LogP contribution in [0.2, 0.25) is 0 Å². The second-order valence-corrected chi connectivity index (χ2v) is 3.93. The minimum Gasteiger partial charge on any atom is -0.486 e. The summed E-state index contributed by atoms with van der Waals surface area (Å²) in [5, 5.41) is 3.03. The Morgan fingerprint density at radius 2 is 2.16 bits per heavy atom. The molecule has 1 amide bonds. The molecule has 1 aromatic heterocycles. The molecule has 0 spiro atoms. The van der Waals surface area contributed by atoms with E-state index in [1.165, 1.54) is 0 Å². The molecule has 0 aliphatic heterocycles. The van der Waals surface area contributed by atoms with E-state index >= 15 is 0 Å². The fraction of sp³-hybridized carbons (Fsp3) is 0.143. The van der Waals surface area contributed by atoms with Crippen molar-refractivity contribution in [2.75, 3.05) is 12.4 Å². The van der Waals surface area contributed by atoms with Gasteiger partial charge in [-0.3, -0.25) is 9.78 Å². The van der Waals surface area contributed by atoms with Crippen molar-refractivity contribution < 1.29 is 9.53 Å². The van der Waals surface area contributed by atoms with Crippen LogP contribution in [0.25, 0.3) is 0 Å². The molecule has 5 heteroatoms. The van der Waals surface area contributed by atoms with Gasteiger partial charge in [0.1, 0.15) is 12.4 Å². The van der Waals surface area contributed by atoms with Gasteiger partial charge in [0.05, 0.1) is 11.3 Å². The second kappa shape index (κ2) is 5.86. The van der Waals surface area contributed by atoms with Crippen LogP contribution in [0, 0.1) is 0 Å². The van der Waals surface area contributed by atoms with Crippen molar-refractivity contribution in [3.63, 3.8) is 0 Å². The number of carbonyl (C=O) groups excluding carboxylic acids is 1. The molecule has 0 bridgehead atoms. The number of benzene rings is 1. The van der Waals surface area contributed by atoms with Gasteiger partial charge in [0.15, 0.2) is 0 Å². The van der Waals surface area contributed by atoms with Gasteiger partial charge in [0.2, 0.25) is 0 Å². The molecule has 0 aliphatic rings. The molecule has 98 valence electrons. The summed E-state index contributed by atoms with van der Waals surface area (Å²) in [4.78, 5) is 15.4. The van der Waals surface area contributed by atoms with E-state index in [9.17, 15) is 4.79 Å². The van der Waals surface area contributed by atoms with Gasteiger partial charge in [-0.2, -0.15) is 0 Å². The number of primary amides is 1. The molecule has 5 nitrogen and oxygen atoms in total. The summed E-state index contributed by atoms with van der Waals surface area (Å²) in [7, 11) is 1.84. The number of nitrogens with two attached hydrogens (primary N) is 1. The molecule has 0 fully saturated rings. The third-order valence-corrected chi connectivity index (χ3v) is 2.63. The van der Waals surface area contributed by atoms with Gasteiger partial charge in [-0.15, -0.1) is 0 Å². The number of rotatable bonds is 5. The van der Waals surface area contributed by atoms with E-state index in [4.69, 9.17) is 10.5 Å². The predicted octanol–water partition coefficient (Wildman–Crippen LogP) is 1.80. The highest BCUT2D eigenvalue weighted by Gasteiger charge is 2.08. The maximum Gasteiger partial charge on any atom is 0.252 e. The maximum atomic E-state index is 11.3. The molecule has 0 aliphatic carbocycles. The fourth-order valence-electron chi connectivity index (χ4n) is 1.66. The van der Waals surface area contributed by atoms with Crippen molar-refractivity contribution in [2.45, 2.75) is 6.61 Å². The molecule has 0 atom stereocenters. The normalized spacial score (nSPS) is 9.95. The maximum absolute atomic E-state index is 11.3. The highest BCUT2D eigenvalue weighted by molar-refractivity contribution is 5.95. The van der Waals surface area contributed by atoms with Gasteiger partial charge in [0, 0.05) is 18.9 Å². The van der Waals surface area contributed by atoms with Crippen LogP contribution in [-0.4, -0.2) is 17.9 Å². The number of hydrogen-bond acceptors (Lipinski definition) is 4. The summed E-state index contributed by atoms with van der Waals surface area (Å²) >= 11 is 0. The van der Waals surface area contributed by atoms with E-state index < -0.39 is 5.91 Å². The van der Waals surface area contributed by atoms with E-state index in [0.717, 1.165) is 11.4 Å². The Morgan fingerprint density at radius 3 is 2.89 bits per heavy atom. The number of nitrogens with one attached hydrogen (secondary N) is 1. The van der Waals surface area contributed by atoms with Crippen molar-refractivity contribution in [2.24, 2.45) is 5.73 Å². The monoisotopic (exact) mass is 257 g/mol. The van der Waals surface area contributed by atoms with Crippen molar-refractivity contribution in [1.29, 1.82) is 0 Å². The van der Waals surface area contributed by atoms with E-state index in [-0.39, 0.29) is 6.61 Å². The van der Waals surface area contributed by atoms with Crippen molar-refractivity contribution >= 4 is 11.6 Å². The number of hydrogen-bond donors (Lipinski definition) is 2. The molecule has 0 radical (unpaired) electrons. The zero-order chi connectivity index (χ0) is 13.7. The molecular formula is C14H15N3O2. The van der Waals surface area contributed by atoms with Gasteiger partial charge in [-0.1, -0.05) is 12.1 Å². The van der Waals surface area contributed by atoms with Gasteiger partial charge in [0.25, 0.3) is 5.91 Å². The molecule has 1 heterocycles. The lowest BCUT2D eigenvalue weighted by atomic mass is 10.2. The van der Waals surface area contributed by atoms with Crippen LogP contribution in [0.5, 0.6) is 5.75 Å². The Morgan fingerprint density at radius 1 is 1.37 bits per heavy atom. The fourth-order valence-corrected chi connectivity index (χ4v) is 1.66. The molecule has 1 aromatic carbocycles. The van der Waals surface area contributed by atoms with E-state index in [1.807, 2.05) is 19.2 Å². The van der Waals surface area contributed by atoms with Crippen LogP contribution in [0.1, 0.15) is 16.1 Å². The molecule has 2 rings (SSSR count). The minimum absolute atomic E-state index is 0.278. The Bertz CT molecular complexity index is 584. The molecule has 3 N–H and O–H groups in total. The number of nitrogens with zero attached hydrogens (tertiary/aromatic N) is 1. The summed E-state index contributed by atoms with van der Waals surface area (Å²) in [6.07, 6.45) is 1.70. The Hall–Kier alpha value is -2.56. The Balaban J connectivity index is 2.12. The average Bonchev–Trinajstić information content (AvgIpc) is 2.45. The van der Waals surface area contributed by atoms with Crippen molar-refractivity contribution in [3.05, 3.63) is 53.9 Å². The van der Waals surface area contributed by atoms with Crippen LogP contribution in [0.15, 0.2) is 42.6 Å². The summed E-state index contributed by atoms with van der Waals surface area (Å²) in [5.41, 5.74) is 7.38. The van der Waals surface area contributed by atoms with Gasteiger partial charge >= 0.3 is 0 Å². The SMILES string of the molecule is CNc1ccnc(COc2ccccc2C(N)=O)c1. The van der Waals surface area contributed by atoms with Gasteiger partial charge in [-0.25, -0.2) is 0 Å². The van der Waals surface area contributed by atoms with Gasteiger partial charge in [-0.05, 0) is 24.3 Å². The molecule has 2 aromatic rings. The number of para-hydroxylation sites is 1. The van der Waals surface area contributed by atoms with E-state index in [0.29, 0.717) is 11.3 Å². The number of pyridine rings is 1. The lowest BCUT2D eigenvalue weighted by Crippen LogP contribution is -2.13. The van der Waals surface area contributed by atoms with Crippen LogP contribution in [0.4, 0.5) is 5.69 Å². The highest BCUT2D eigenvalue weighted by Crippen LogP contribution is 2.18. The first-order valence-electron chi connectivity index (χ1n) is 5.85. The smallest absolute Gasteiger partial charge is 0.252 e. The first kappa shape index (κ1) is 12.9. The minimum atomic E-state index is -0.507. The zero-order valence-corrected chi connectivity index (χ0v) is 10.6. The summed E-state index contributed by atoms with van der Waals surface area (Å²) in [5.74, 6) is -0.0424. The number of amides is 1. The standard InChI is InChI=1S/C14H15N3O2/c1-16-10-6-7-17-11(8-10)9-19-13-5-3-2-4-12(13)14(15)18/h2-8H,9H2,1H3,(H2,15,18)(H,16,17). The summed E-state index contributed by atoms with van der Waals surface area (Å²) in [6, 6.07) is 10.6. The quantitative estimate of drug-likeness (QED) is 0.856. The first-order valence-corrected chi connectivity index (χ1v) is 5.85. The Labute approximate surface area is 111 Å². The Kier molecular flexibility index (Phi) is 3.97. The van der Waals surface area contributed by atoms with E-state index in [2.05, 4.69) is 10.3 Å². The first-order chi connectivity index (χ1) is 9.20. The third-order valence-electron chi connectivity index (χ3n) is 2.63. The topological polar surface area (TPSA) is 77.2 Å². The largest absolute Gasteiger partial charge is 0.486 e. The van der Waals surface area contributed by atoms with E-state index in [1.54, 1.807) is 30.5 Å². The average molecular weight is 257 g/mol. The second-order valence-electron chi connectivity index (χ2n) is 3.93. The molecular weight excluding hydrogens is 242 g/mol. The lowest BCUT2D eigenvalue weighted by Gasteiger charge is -2.09. The van der Waals surface area contributed by atoms with Crippen molar-refractivity contribution in [1.82, 2.24) is 4.98 Å². The third kappa shape index (κ3) is 3.22. The van der Waals surface area contributed by atoms with Crippen LogP contribution < -0.4 is 15.8 Å². The summed E-state index contributed by atoms with van der Waals surface area (Å²) < 4.78 is 5.59. The molecule has 0 saturated heterocycles. The molecule has 0 saturated carbocycles. The van der Waals surface area contributed by atoms with Gasteiger partial charge < -0.3 is 15.8 Å².